The van der Waals surface area contributed by atoms with Crippen LogP contribution in [0.1, 0.15) is 12.8 Å². The number of hydrogen-bond donors (Lipinski definition) is 0. The molecule has 0 aliphatic carbocycles. The van der Waals surface area contributed by atoms with E-state index in [1.807, 2.05) is 30.3 Å². The Kier molecular flexibility index (Phi) is 4.45. The highest BCUT2D eigenvalue weighted by molar-refractivity contribution is 7.88. The number of para-hydroxylation sites is 1. The topological polar surface area (TPSA) is 57.7 Å². The zero-order valence-corrected chi connectivity index (χ0v) is 12.6. The number of rotatable bonds is 3. The number of piperidine rings is 1. The summed E-state index contributed by atoms with van der Waals surface area (Å²) in [7, 11) is -1.49. The van der Waals surface area contributed by atoms with Gasteiger partial charge in [0.2, 0.25) is 15.9 Å². The fourth-order valence-corrected chi connectivity index (χ4v) is 3.41. The van der Waals surface area contributed by atoms with E-state index in [1.54, 1.807) is 11.9 Å². The fraction of sp³-hybridized carbons (Fsp3) is 0.500. The van der Waals surface area contributed by atoms with E-state index in [0.29, 0.717) is 6.54 Å². The van der Waals surface area contributed by atoms with Crippen LogP contribution in [0.2, 0.25) is 0 Å². The Balaban J connectivity index is 2.09. The van der Waals surface area contributed by atoms with E-state index < -0.39 is 10.0 Å². The molecule has 1 fully saturated rings. The van der Waals surface area contributed by atoms with E-state index >= 15 is 0 Å². The Labute approximate surface area is 120 Å². The van der Waals surface area contributed by atoms with Crippen molar-refractivity contribution in [1.29, 1.82) is 0 Å². The molecule has 5 nitrogen and oxygen atoms in total. The molecule has 1 aliphatic rings. The highest BCUT2D eigenvalue weighted by Gasteiger charge is 2.31. The van der Waals surface area contributed by atoms with Crippen molar-refractivity contribution in [3.63, 3.8) is 0 Å². The van der Waals surface area contributed by atoms with E-state index in [-0.39, 0.29) is 18.4 Å². The van der Waals surface area contributed by atoms with Gasteiger partial charge in [-0.3, -0.25) is 4.79 Å². The summed E-state index contributed by atoms with van der Waals surface area (Å²) in [4.78, 5) is 14.1. The number of nitrogens with zero attached hydrogens (tertiary/aromatic N) is 2. The third kappa shape index (κ3) is 3.37. The number of carbonyl (C=O) groups is 1. The minimum absolute atomic E-state index is 0.0236. The lowest BCUT2D eigenvalue weighted by molar-refractivity contribution is -0.123. The summed E-state index contributed by atoms with van der Waals surface area (Å²) in [5.41, 5.74) is 0.828. The number of amides is 1. The molecule has 1 atom stereocenters. The molecule has 1 aliphatic heterocycles. The average Bonchev–Trinajstić information content (AvgIpc) is 2.46. The van der Waals surface area contributed by atoms with Gasteiger partial charge in [-0.25, -0.2) is 12.7 Å². The molecule has 0 spiro atoms. The van der Waals surface area contributed by atoms with Gasteiger partial charge in [-0.05, 0) is 25.0 Å². The third-order valence-electron chi connectivity index (χ3n) is 3.68. The SMILES string of the molecule is CN(C(=O)[C@@H]1CCCN(S(C)(=O)=O)C1)c1ccccc1. The van der Waals surface area contributed by atoms with Crippen molar-refractivity contribution in [2.24, 2.45) is 5.92 Å². The molecular formula is C14H20N2O3S. The van der Waals surface area contributed by atoms with Gasteiger partial charge in [0.25, 0.3) is 0 Å². The second-order valence-electron chi connectivity index (χ2n) is 5.19. The van der Waals surface area contributed by atoms with Crippen LogP contribution < -0.4 is 4.90 Å². The fourth-order valence-electron chi connectivity index (χ4n) is 2.50. The summed E-state index contributed by atoms with van der Waals surface area (Å²) in [6, 6.07) is 9.39. The number of hydrogen-bond acceptors (Lipinski definition) is 3. The minimum atomic E-state index is -3.22. The van der Waals surface area contributed by atoms with Gasteiger partial charge in [0, 0.05) is 25.8 Å². The summed E-state index contributed by atoms with van der Waals surface area (Å²) < 4.78 is 24.6. The largest absolute Gasteiger partial charge is 0.315 e. The summed E-state index contributed by atoms with van der Waals surface area (Å²) >= 11 is 0. The van der Waals surface area contributed by atoms with Crippen LogP contribution >= 0.6 is 0 Å². The standard InChI is InChI=1S/C14H20N2O3S/c1-15(13-8-4-3-5-9-13)14(17)12-7-6-10-16(11-12)20(2,18)19/h3-5,8-9,12H,6-7,10-11H2,1-2H3/t12-/m1/s1. The summed E-state index contributed by atoms with van der Waals surface area (Å²) in [5, 5.41) is 0. The lowest BCUT2D eigenvalue weighted by atomic mass is 9.98. The van der Waals surface area contributed by atoms with Crippen LogP contribution in [-0.4, -0.2) is 45.0 Å². The molecule has 1 amide bonds. The first-order valence-electron chi connectivity index (χ1n) is 6.67. The van der Waals surface area contributed by atoms with Crippen LogP contribution in [0.5, 0.6) is 0 Å². The summed E-state index contributed by atoms with van der Waals surface area (Å²) in [6.07, 6.45) is 2.66. The van der Waals surface area contributed by atoms with Gasteiger partial charge in [0.05, 0.1) is 12.2 Å². The van der Waals surface area contributed by atoms with Gasteiger partial charge in [0.1, 0.15) is 0 Å². The highest BCUT2D eigenvalue weighted by atomic mass is 32.2. The number of carbonyl (C=O) groups excluding carboxylic acids is 1. The molecule has 110 valence electrons. The van der Waals surface area contributed by atoms with Crippen LogP contribution in [0.25, 0.3) is 0 Å². The Morgan fingerprint density at radius 1 is 1.30 bits per heavy atom. The van der Waals surface area contributed by atoms with Crippen LogP contribution in [0.4, 0.5) is 5.69 Å². The maximum Gasteiger partial charge on any atom is 0.231 e. The van der Waals surface area contributed by atoms with E-state index in [4.69, 9.17) is 0 Å². The molecule has 0 aromatic heterocycles. The van der Waals surface area contributed by atoms with Gasteiger partial charge < -0.3 is 4.90 Å². The summed E-state index contributed by atoms with van der Waals surface area (Å²) in [6.45, 7) is 0.798. The third-order valence-corrected chi connectivity index (χ3v) is 4.95. The molecular weight excluding hydrogens is 276 g/mol. The predicted octanol–water partition coefficient (Wildman–Crippen LogP) is 1.32. The number of sulfonamides is 1. The van der Waals surface area contributed by atoms with Crippen molar-refractivity contribution in [2.45, 2.75) is 12.8 Å². The van der Waals surface area contributed by atoms with Gasteiger partial charge in [-0.15, -0.1) is 0 Å². The monoisotopic (exact) mass is 296 g/mol. The quantitative estimate of drug-likeness (QED) is 0.845. The maximum atomic E-state index is 12.5. The van der Waals surface area contributed by atoms with Crippen molar-refractivity contribution in [2.75, 3.05) is 31.3 Å². The van der Waals surface area contributed by atoms with Crippen molar-refractivity contribution >= 4 is 21.6 Å². The second-order valence-corrected chi connectivity index (χ2v) is 7.18. The molecule has 0 N–H and O–H groups in total. The maximum absolute atomic E-state index is 12.5. The summed E-state index contributed by atoms with van der Waals surface area (Å²) in [5.74, 6) is -0.284. The molecule has 1 aromatic carbocycles. The van der Waals surface area contributed by atoms with E-state index in [0.717, 1.165) is 18.5 Å². The van der Waals surface area contributed by atoms with E-state index in [2.05, 4.69) is 0 Å². The molecule has 2 rings (SSSR count). The Bertz CT molecular complexity index is 571. The second kappa shape index (κ2) is 5.93. The smallest absolute Gasteiger partial charge is 0.231 e. The van der Waals surface area contributed by atoms with Gasteiger partial charge >= 0.3 is 0 Å². The van der Waals surface area contributed by atoms with Crippen molar-refractivity contribution in [3.05, 3.63) is 30.3 Å². The van der Waals surface area contributed by atoms with Crippen molar-refractivity contribution in [3.8, 4) is 0 Å². The van der Waals surface area contributed by atoms with Crippen molar-refractivity contribution in [1.82, 2.24) is 4.31 Å². The Morgan fingerprint density at radius 2 is 1.95 bits per heavy atom. The molecule has 1 heterocycles. The van der Waals surface area contributed by atoms with Gasteiger partial charge in [-0.2, -0.15) is 0 Å². The Morgan fingerprint density at radius 3 is 2.55 bits per heavy atom. The first kappa shape index (κ1) is 15.0. The van der Waals surface area contributed by atoms with Crippen molar-refractivity contribution < 1.29 is 13.2 Å². The lowest BCUT2D eigenvalue weighted by Gasteiger charge is -2.32. The normalized spacial score (nSPS) is 20.6. The van der Waals surface area contributed by atoms with Crippen LogP contribution in [0, 0.1) is 5.92 Å². The van der Waals surface area contributed by atoms with E-state index in [9.17, 15) is 13.2 Å². The zero-order chi connectivity index (χ0) is 14.8. The molecule has 1 saturated heterocycles. The molecule has 0 saturated carbocycles. The van der Waals surface area contributed by atoms with Crippen LogP contribution in [0.15, 0.2) is 30.3 Å². The van der Waals surface area contributed by atoms with Gasteiger partial charge in [-0.1, -0.05) is 18.2 Å². The molecule has 1 aromatic rings. The number of anilines is 1. The molecule has 0 radical (unpaired) electrons. The highest BCUT2D eigenvalue weighted by Crippen LogP contribution is 2.22. The lowest BCUT2D eigenvalue weighted by Crippen LogP contribution is -2.45. The van der Waals surface area contributed by atoms with E-state index in [1.165, 1.54) is 10.6 Å². The molecule has 0 bridgehead atoms. The number of benzene rings is 1. The Hall–Kier alpha value is -1.40. The van der Waals surface area contributed by atoms with Gasteiger partial charge in [0.15, 0.2) is 0 Å². The minimum Gasteiger partial charge on any atom is -0.315 e. The van der Waals surface area contributed by atoms with Crippen LogP contribution in [0.3, 0.4) is 0 Å². The molecule has 0 unspecified atom stereocenters. The zero-order valence-electron chi connectivity index (χ0n) is 11.8. The predicted molar refractivity (Wildman–Crippen MR) is 79.0 cm³/mol. The first-order chi connectivity index (χ1) is 9.39. The van der Waals surface area contributed by atoms with Crippen LogP contribution in [-0.2, 0) is 14.8 Å². The molecule has 6 heteroatoms. The first-order valence-corrected chi connectivity index (χ1v) is 8.52. The average molecular weight is 296 g/mol. The molecule has 20 heavy (non-hydrogen) atoms.